The fourth-order valence-electron chi connectivity index (χ4n) is 3.37. The van der Waals surface area contributed by atoms with Crippen molar-refractivity contribution in [3.8, 4) is 0 Å². The summed E-state index contributed by atoms with van der Waals surface area (Å²) in [6.07, 6.45) is 1.05. The van der Waals surface area contributed by atoms with Gasteiger partial charge in [0.15, 0.2) is 0 Å². The number of nitrogens with zero attached hydrogens (tertiary/aromatic N) is 2. The van der Waals surface area contributed by atoms with Crippen LogP contribution in [0.5, 0.6) is 0 Å². The number of halogens is 2. The summed E-state index contributed by atoms with van der Waals surface area (Å²) in [5.41, 5.74) is 1.94. The van der Waals surface area contributed by atoms with E-state index < -0.39 is 28.5 Å². The average molecular weight is 529 g/mol. The summed E-state index contributed by atoms with van der Waals surface area (Å²) < 4.78 is 26.3. The first-order valence-electron chi connectivity index (χ1n) is 10.7. The molecule has 0 radical (unpaired) electrons. The number of likely N-dealkylation sites (N-methyl/N-ethyl adjacent to an activating group) is 1. The Morgan fingerprint density at radius 1 is 1.03 bits per heavy atom. The second kappa shape index (κ2) is 11.0. The predicted molar refractivity (Wildman–Crippen MR) is 138 cm³/mol. The largest absolute Gasteiger partial charge is 0.357 e. The topological polar surface area (TPSA) is 86.8 Å². The Balaban J connectivity index is 2.40. The van der Waals surface area contributed by atoms with Crippen molar-refractivity contribution in [1.82, 2.24) is 10.2 Å². The first-order valence-corrected chi connectivity index (χ1v) is 13.3. The molecule has 1 unspecified atom stereocenters. The molecule has 2 aromatic rings. The van der Waals surface area contributed by atoms with Gasteiger partial charge in [0.1, 0.15) is 12.6 Å². The number of rotatable bonds is 8. The normalized spacial score (nSPS) is 12.7. The molecule has 2 rings (SSSR count). The van der Waals surface area contributed by atoms with Crippen LogP contribution < -0.4 is 9.62 Å². The Labute approximate surface area is 212 Å². The van der Waals surface area contributed by atoms with Gasteiger partial charge in [0.2, 0.25) is 21.8 Å². The number of carbonyl (C=O) groups is 2. The number of benzene rings is 2. The zero-order chi connectivity index (χ0) is 25.8. The maximum Gasteiger partial charge on any atom is 0.244 e. The Bertz CT molecular complexity index is 1150. The zero-order valence-electron chi connectivity index (χ0n) is 20.2. The van der Waals surface area contributed by atoms with Crippen molar-refractivity contribution in [2.45, 2.75) is 45.7 Å². The molecule has 0 saturated heterocycles. The highest BCUT2D eigenvalue weighted by atomic mass is 35.5. The summed E-state index contributed by atoms with van der Waals surface area (Å²) in [4.78, 5) is 27.1. The van der Waals surface area contributed by atoms with Gasteiger partial charge >= 0.3 is 0 Å². The minimum atomic E-state index is -3.78. The molecule has 0 bridgehead atoms. The van der Waals surface area contributed by atoms with E-state index in [-0.39, 0.29) is 17.9 Å². The molecule has 2 amide bonds. The van der Waals surface area contributed by atoms with Crippen molar-refractivity contribution in [1.29, 1.82) is 0 Å². The van der Waals surface area contributed by atoms with Gasteiger partial charge in [-0.15, -0.1) is 0 Å². The average Bonchev–Trinajstić information content (AvgIpc) is 2.75. The summed E-state index contributed by atoms with van der Waals surface area (Å²) in [5, 5.41) is 3.21. The van der Waals surface area contributed by atoms with Gasteiger partial charge in [-0.3, -0.25) is 13.9 Å². The van der Waals surface area contributed by atoms with Crippen LogP contribution in [0.4, 0.5) is 5.69 Å². The van der Waals surface area contributed by atoms with Crippen LogP contribution in [0.25, 0.3) is 0 Å². The van der Waals surface area contributed by atoms with Gasteiger partial charge in [-0.25, -0.2) is 8.42 Å². The summed E-state index contributed by atoms with van der Waals surface area (Å²) in [6, 6.07) is 11.1. The van der Waals surface area contributed by atoms with Crippen LogP contribution in [0.1, 0.15) is 38.8 Å². The van der Waals surface area contributed by atoms with Crippen molar-refractivity contribution in [2.24, 2.45) is 0 Å². The Hall–Kier alpha value is -2.29. The van der Waals surface area contributed by atoms with Crippen molar-refractivity contribution in [3.63, 3.8) is 0 Å². The van der Waals surface area contributed by atoms with E-state index in [1.165, 1.54) is 11.9 Å². The zero-order valence-corrected chi connectivity index (χ0v) is 22.6. The quantitative estimate of drug-likeness (QED) is 0.556. The molecule has 0 aliphatic heterocycles. The van der Waals surface area contributed by atoms with Gasteiger partial charge in [0, 0.05) is 13.6 Å². The van der Waals surface area contributed by atoms with Crippen LogP contribution in [-0.4, -0.2) is 51.0 Å². The monoisotopic (exact) mass is 527 g/mol. The summed E-state index contributed by atoms with van der Waals surface area (Å²) >= 11 is 12.1. The first-order chi connectivity index (χ1) is 15.6. The fraction of sp³-hybridized carbons (Fsp3) is 0.417. The van der Waals surface area contributed by atoms with Crippen LogP contribution in [0, 0.1) is 0 Å². The second-order valence-electron chi connectivity index (χ2n) is 9.13. The van der Waals surface area contributed by atoms with Crippen molar-refractivity contribution >= 4 is 50.7 Å². The van der Waals surface area contributed by atoms with E-state index in [1.807, 2.05) is 12.1 Å². The number of hydrogen-bond acceptors (Lipinski definition) is 4. The minimum Gasteiger partial charge on any atom is -0.357 e. The molecule has 0 aromatic heterocycles. The standard InChI is InChI=1S/C24H31Cl2N3O4S/c1-16(23(31)27-5)28(14-17-7-12-20(25)21(26)13-17)22(30)15-29(34(6,32)33)19-10-8-18(9-11-19)24(2,3)4/h7-13,16H,14-15H2,1-6H3,(H,27,31). The van der Waals surface area contributed by atoms with Gasteiger partial charge < -0.3 is 10.2 Å². The predicted octanol–water partition coefficient (Wildman–Crippen LogP) is 4.22. The maximum atomic E-state index is 13.4. The molecule has 0 fully saturated rings. The van der Waals surface area contributed by atoms with Crippen molar-refractivity contribution in [3.05, 3.63) is 63.6 Å². The lowest BCUT2D eigenvalue weighted by atomic mass is 9.87. The van der Waals surface area contributed by atoms with Gasteiger partial charge in [-0.2, -0.15) is 0 Å². The lowest BCUT2D eigenvalue weighted by Gasteiger charge is -2.31. The fourth-order valence-corrected chi connectivity index (χ4v) is 4.54. The molecule has 0 aliphatic carbocycles. The van der Waals surface area contributed by atoms with E-state index in [0.717, 1.165) is 16.1 Å². The Morgan fingerprint density at radius 2 is 1.62 bits per heavy atom. The molecule has 0 spiro atoms. The highest BCUT2D eigenvalue weighted by molar-refractivity contribution is 7.92. The molecule has 7 nitrogen and oxygen atoms in total. The molecule has 1 N–H and O–H groups in total. The molecule has 0 aliphatic rings. The van der Waals surface area contributed by atoms with Crippen LogP contribution in [0.3, 0.4) is 0 Å². The first kappa shape index (κ1) is 28.0. The maximum absolute atomic E-state index is 13.4. The number of sulfonamides is 1. The molecule has 1 atom stereocenters. The minimum absolute atomic E-state index is 0.0465. The molecule has 34 heavy (non-hydrogen) atoms. The molecule has 0 saturated carbocycles. The van der Waals surface area contributed by atoms with E-state index in [0.29, 0.717) is 21.3 Å². The number of anilines is 1. The Morgan fingerprint density at radius 3 is 2.09 bits per heavy atom. The highest BCUT2D eigenvalue weighted by Crippen LogP contribution is 2.27. The molecule has 10 heteroatoms. The molecular weight excluding hydrogens is 497 g/mol. The van der Waals surface area contributed by atoms with Gasteiger partial charge in [-0.1, -0.05) is 62.2 Å². The van der Waals surface area contributed by atoms with Gasteiger partial charge in [0.25, 0.3) is 0 Å². The third-order valence-corrected chi connectivity index (χ3v) is 7.33. The van der Waals surface area contributed by atoms with E-state index in [4.69, 9.17) is 23.2 Å². The SMILES string of the molecule is CNC(=O)C(C)N(Cc1ccc(Cl)c(Cl)c1)C(=O)CN(c1ccc(C(C)(C)C)cc1)S(C)(=O)=O. The van der Waals surface area contributed by atoms with E-state index in [9.17, 15) is 18.0 Å². The summed E-state index contributed by atoms with van der Waals surface area (Å²) in [6.45, 7) is 7.33. The van der Waals surface area contributed by atoms with Crippen molar-refractivity contribution in [2.75, 3.05) is 24.2 Å². The third-order valence-electron chi connectivity index (χ3n) is 5.45. The molecule has 2 aromatic carbocycles. The van der Waals surface area contributed by atoms with Gasteiger partial charge in [-0.05, 0) is 47.7 Å². The van der Waals surface area contributed by atoms with E-state index in [1.54, 1.807) is 37.3 Å². The van der Waals surface area contributed by atoms with Gasteiger partial charge in [0.05, 0.1) is 22.0 Å². The summed E-state index contributed by atoms with van der Waals surface area (Å²) in [5.74, 6) is -0.915. The number of nitrogens with one attached hydrogen (secondary N) is 1. The number of hydrogen-bond donors (Lipinski definition) is 1. The van der Waals surface area contributed by atoms with Crippen LogP contribution in [0.15, 0.2) is 42.5 Å². The van der Waals surface area contributed by atoms with Crippen LogP contribution in [-0.2, 0) is 31.6 Å². The molecule has 186 valence electrons. The third kappa shape index (κ3) is 7.10. The number of carbonyl (C=O) groups excluding carboxylic acids is 2. The second-order valence-corrected chi connectivity index (χ2v) is 11.8. The lowest BCUT2D eigenvalue weighted by molar-refractivity contribution is -0.139. The summed E-state index contributed by atoms with van der Waals surface area (Å²) in [7, 11) is -2.31. The van der Waals surface area contributed by atoms with Crippen molar-refractivity contribution < 1.29 is 18.0 Å². The van der Waals surface area contributed by atoms with E-state index in [2.05, 4.69) is 26.1 Å². The van der Waals surface area contributed by atoms with Crippen LogP contribution in [0.2, 0.25) is 10.0 Å². The Kier molecular flexibility index (Phi) is 9.02. The van der Waals surface area contributed by atoms with Crippen LogP contribution >= 0.6 is 23.2 Å². The van der Waals surface area contributed by atoms with E-state index >= 15 is 0 Å². The molecular formula is C24H31Cl2N3O4S. The number of amides is 2. The smallest absolute Gasteiger partial charge is 0.244 e. The highest BCUT2D eigenvalue weighted by Gasteiger charge is 2.30. The lowest BCUT2D eigenvalue weighted by Crippen LogP contribution is -2.50. The molecule has 0 heterocycles.